The van der Waals surface area contributed by atoms with Crippen LogP contribution < -0.4 is 11.1 Å². The van der Waals surface area contributed by atoms with E-state index in [1.165, 1.54) is 12.8 Å². The van der Waals surface area contributed by atoms with E-state index in [1.807, 2.05) is 25.1 Å². The molecule has 142 valence electrons. The molecule has 1 saturated carbocycles. The molecular formula is C20H29N3O3. The first-order valence-corrected chi connectivity index (χ1v) is 9.51. The van der Waals surface area contributed by atoms with E-state index in [2.05, 4.69) is 17.2 Å². The van der Waals surface area contributed by atoms with Crippen LogP contribution in [0.2, 0.25) is 0 Å². The predicted molar refractivity (Wildman–Crippen MR) is 100 cm³/mol. The van der Waals surface area contributed by atoms with Gasteiger partial charge in [-0.15, -0.1) is 0 Å². The Morgan fingerprint density at radius 1 is 1.38 bits per heavy atom. The lowest BCUT2D eigenvalue weighted by Gasteiger charge is -2.28. The Bertz CT molecular complexity index is 719. The van der Waals surface area contributed by atoms with Crippen molar-refractivity contribution >= 4 is 17.0 Å². The fourth-order valence-electron chi connectivity index (χ4n) is 3.94. The SMILES string of the molecule is CCC(NC(=O)C(N)CC1(C)CCCC1)[C@H](O)c1nc2ccccc2o1. The molecule has 1 fully saturated rings. The second-order valence-electron chi connectivity index (χ2n) is 7.82. The van der Waals surface area contributed by atoms with Gasteiger partial charge in [-0.2, -0.15) is 0 Å². The number of hydrogen-bond acceptors (Lipinski definition) is 5. The van der Waals surface area contributed by atoms with Crippen LogP contribution in [-0.2, 0) is 4.79 Å². The lowest BCUT2D eigenvalue weighted by molar-refractivity contribution is -0.124. The molecular weight excluding hydrogens is 330 g/mol. The number of hydrogen-bond donors (Lipinski definition) is 3. The van der Waals surface area contributed by atoms with Crippen molar-refractivity contribution in [3.05, 3.63) is 30.2 Å². The van der Waals surface area contributed by atoms with Crippen LogP contribution in [0.3, 0.4) is 0 Å². The number of nitrogens with zero attached hydrogens (tertiary/aromatic N) is 1. The summed E-state index contributed by atoms with van der Waals surface area (Å²) in [6.07, 6.45) is 4.88. The van der Waals surface area contributed by atoms with Crippen molar-refractivity contribution in [2.24, 2.45) is 11.1 Å². The number of aliphatic hydroxyl groups excluding tert-OH is 1. The lowest BCUT2D eigenvalue weighted by Crippen LogP contribution is -2.48. The number of amides is 1. The zero-order valence-corrected chi connectivity index (χ0v) is 15.6. The molecule has 1 aliphatic rings. The Balaban J connectivity index is 1.64. The Labute approximate surface area is 154 Å². The highest BCUT2D eigenvalue weighted by Crippen LogP contribution is 2.41. The summed E-state index contributed by atoms with van der Waals surface area (Å²) >= 11 is 0. The topological polar surface area (TPSA) is 101 Å². The van der Waals surface area contributed by atoms with E-state index in [4.69, 9.17) is 10.2 Å². The molecule has 1 aromatic heterocycles. The quantitative estimate of drug-likeness (QED) is 0.705. The van der Waals surface area contributed by atoms with E-state index in [-0.39, 0.29) is 17.2 Å². The average molecular weight is 359 g/mol. The second-order valence-corrected chi connectivity index (χ2v) is 7.82. The number of benzene rings is 1. The highest BCUT2D eigenvalue weighted by atomic mass is 16.4. The third kappa shape index (κ3) is 4.07. The van der Waals surface area contributed by atoms with Crippen molar-refractivity contribution in [2.45, 2.75) is 70.6 Å². The number of aliphatic hydroxyl groups is 1. The number of carbonyl (C=O) groups excluding carboxylic acids is 1. The maximum atomic E-state index is 12.6. The summed E-state index contributed by atoms with van der Waals surface area (Å²) in [5.41, 5.74) is 7.61. The molecule has 1 amide bonds. The molecule has 0 aliphatic heterocycles. The fourth-order valence-corrected chi connectivity index (χ4v) is 3.94. The van der Waals surface area contributed by atoms with Crippen LogP contribution >= 0.6 is 0 Å². The number of fused-ring (bicyclic) bond motifs is 1. The molecule has 1 aromatic carbocycles. The first-order chi connectivity index (χ1) is 12.4. The Morgan fingerprint density at radius 3 is 2.73 bits per heavy atom. The summed E-state index contributed by atoms with van der Waals surface area (Å²) in [4.78, 5) is 16.9. The zero-order valence-electron chi connectivity index (χ0n) is 15.6. The van der Waals surface area contributed by atoms with E-state index >= 15 is 0 Å². The molecule has 2 unspecified atom stereocenters. The molecule has 3 rings (SSSR count). The highest BCUT2D eigenvalue weighted by Gasteiger charge is 2.34. The Hall–Kier alpha value is -1.92. The Morgan fingerprint density at radius 2 is 2.08 bits per heavy atom. The molecule has 0 bridgehead atoms. The molecule has 6 heteroatoms. The van der Waals surface area contributed by atoms with Gasteiger partial charge < -0.3 is 20.6 Å². The lowest BCUT2D eigenvalue weighted by atomic mass is 9.82. The fraction of sp³-hybridized carbons (Fsp3) is 0.600. The van der Waals surface area contributed by atoms with Crippen LogP contribution in [0, 0.1) is 5.41 Å². The standard InChI is InChI=1S/C20H29N3O3/c1-3-14(17(24)19-23-15-8-4-5-9-16(15)26-19)22-18(25)13(21)12-20(2)10-6-7-11-20/h4-5,8-9,13-14,17,24H,3,6-7,10-12,21H2,1-2H3,(H,22,25)/t13?,14?,17-/m0/s1. The van der Waals surface area contributed by atoms with Crippen LogP contribution in [-0.4, -0.2) is 28.1 Å². The van der Waals surface area contributed by atoms with Crippen molar-refractivity contribution in [1.82, 2.24) is 10.3 Å². The van der Waals surface area contributed by atoms with Crippen LogP contribution in [0.5, 0.6) is 0 Å². The van der Waals surface area contributed by atoms with E-state index in [0.29, 0.717) is 23.9 Å². The summed E-state index contributed by atoms with van der Waals surface area (Å²) in [6.45, 7) is 4.11. The summed E-state index contributed by atoms with van der Waals surface area (Å²) in [5, 5.41) is 13.5. The molecule has 26 heavy (non-hydrogen) atoms. The summed E-state index contributed by atoms with van der Waals surface area (Å²) in [6, 6.07) is 6.29. The maximum absolute atomic E-state index is 12.6. The molecule has 3 atom stereocenters. The largest absolute Gasteiger partial charge is 0.438 e. The van der Waals surface area contributed by atoms with Gasteiger partial charge in [-0.05, 0) is 43.2 Å². The maximum Gasteiger partial charge on any atom is 0.237 e. The van der Waals surface area contributed by atoms with Crippen LogP contribution in [0.15, 0.2) is 28.7 Å². The number of carbonyl (C=O) groups is 1. The third-order valence-electron chi connectivity index (χ3n) is 5.57. The molecule has 0 radical (unpaired) electrons. The number of nitrogens with one attached hydrogen (secondary N) is 1. The van der Waals surface area contributed by atoms with Gasteiger partial charge >= 0.3 is 0 Å². The highest BCUT2D eigenvalue weighted by molar-refractivity contribution is 5.82. The van der Waals surface area contributed by atoms with Gasteiger partial charge in [0.2, 0.25) is 11.8 Å². The molecule has 1 heterocycles. The minimum atomic E-state index is -1.01. The number of nitrogens with two attached hydrogens (primary N) is 1. The van der Waals surface area contributed by atoms with Crippen LogP contribution in [0.1, 0.15) is 64.4 Å². The molecule has 4 N–H and O–H groups in total. The minimum absolute atomic E-state index is 0.150. The predicted octanol–water partition coefficient (Wildman–Crippen LogP) is 3.05. The van der Waals surface area contributed by atoms with Crippen molar-refractivity contribution in [2.75, 3.05) is 0 Å². The monoisotopic (exact) mass is 359 g/mol. The summed E-state index contributed by atoms with van der Waals surface area (Å²) in [5.74, 6) is -0.00480. The number of rotatable bonds is 7. The van der Waals surface area contributed by atoms with E-state index in [0.717, 1.165) is 12.8 Å². The van der Waals surface area contributed by atoms with Gasteiger partial charge in [-0.25, -0.2) is 4.98 Å². The van der Waals surface area contributed by atoms with Crippen LogP contribution in [0.4, 0.5) is 0 Å². The van der Waals surface area contributed by atoms with E-state index in [9.17, 15) is 9.90 Å². The van der Waals surface area contributed by atoms with E-state index < -0.39 is 18.2 Å². The van der Waals surface area contributed by atoms with Gasteiger partial charge in [0.1, 0.15) is 5.52 Å². The normalized spacial score (nSPS) is 20.0. The minimum Gasteiger partial charge on any atom is -0.438 e. The molecule has 0 saturated heterocycles. The molecule has 6 nitrogen and oxygen atoms in total. The number of aromatic nitrogens is 1. The summed E-state index contributed by atoms with van der Waals surface area (Å²) < 4.78 is 5.63. The zero-order chi connectivity index (χ0) is 18.7. The van der Waals surface area contributed by atoms with Crippen molar-refractivity contribution < 1.29 is 14.3 Å². The first-order valence-electron chi connectivity index (χ1n) is 9.51. The van der Waals surface area contributed by atoms with Gasteiger partial charge in [0, 0.05) is 0 Å². The smallest absolute Gasteiger partial charge is 0.237 e. The van der Waals surface area contributed by atoms with E-state index in [1.54, 1.807) is 6.07 Å². The van der Waals surface area contributed by atoms with Crippen LogP contribution in [0.25, 0.3) is 11.1 Å². The van der Waals surface area contributed by atoms with Gasteiger partial charge in [0.05, 0.1) is 12.1 Å². The van der Waals surface area contributed by atoms with Gasteiger partial charge in [-0.3, -0.25) is 4.79 Å². The van der Waals surface area contributed by atoms with Gasteiger partial charge in [-0.1, -0.05) is 38.8 Å². The number of para-hydroxylation sites is 2. The van der Waals surface area contributed by atoms with Gasteiger partial charge in [0.25, 0.3) is 0 Å². The second kappa shape index (κ2) is 7.76. The third-order valence-corrected chi connectivity index (χ3v) is 5.57. The van der Waals surface area contributed by atoms with Crippen molar-refractivity contribution in [1.29, 1.82) is 0 Å². The molecule has 2 aromatic rings. The number of oxazole rings is 1. The van der Waals surface area contributed by atoms with Crippen molar-refractivity contribution in [3.8, 4) is 0 Å². The molecule has 1 aliphatic carbocycles. The average Bonchev–Trinajstić information content (AvgIpc) is 3.24. The first kappa shape index (κ1) is 18.9. The molecule has 0 spiro atoms. The summed E-state index contributed by atoms with van der Waals surface area (Å²) in [7, 11) is 0. The van der Waals surface area contributed by atoms with Gasteiger partial charge in [0.15, 0.2) is 11.7 Å². The Kier molecular flexibility index (Phi) is 5.63. The van der Waals surface area contributed by atoms with Crippen molar-refractivity contribution in [3.63, 3.8) is 0 Å².